The van der Waals surface area contributed by atoms with Gasteiger partial charge >= 0.3 is 0 Å². The highest BCUT2D eigenvalue weighted by molar-refractivity contribution is 6.00. The van der Waals surface area contributed by atoms with Gasteiger partial charge in [-0.25, -0.2) is 0 Å². The van der Waals surface area contributed by atoms with Crippen molar-refractivity contribution in [2.24, 2.45) is 5.16 Å². The molecular weight excluding hydrogens is 252 g/mol. The van der Waals surface area contributed by atoms with Crippen LogP contribution in [-0.4, -0.2) is 42.6 Å². The standard InChI is InChI=1S/C16H22N2O2/c1-18-10-9-16(8-4-7-14(18)15(16)17-19)12-5-3-6-13(11-12)20-2/h3,5-6,11,14,19H,4,7-10H2,1-2H3/b17-15+. The molecule has 0 amide bonds. The minimum atomic E-state index is -0.112. The summed E-state index contributed by atoms with van der Waals surface area (Å²) < 4.78 is 5.36. The first-order valence-electron chi connectivity index (χ1n) is 7.28. The fraction of sp³-hybridized carbons (Fsp3) is 0.562. The third-order valence-electron chi connectivity index (χ3n) is 5.04. The lowest BCUT2D eigenvalue weighted by atomic mass is 9.62. The number of benzene rings is 1. The molecule has 1 aromatic rings. The lowest BCUT2D eigenvalue weighted by molar-refractivity contribution is 0.173. The smallest absolute Gasteiger partial charge is 0.119 e. The summed E-state index contributed by atoms with van der Waals surface area (Å²) in [6.45, 7) is 1.04. The Bertz CT molecular complexity index is 529. The van der Waals surface area contributed by atoms with E-state index in [-0.39, 0.29) is 11.5 Å². The topological polar surface area (TPSA) is 45.1 Å². The van der Waals surface area contributed by atoms with Crippen molar-refractivity contribution in [3.63, 3.8) is 0 Å². The van der Waals surface area contributed by atoms with Crippen LogP contribution >= 0.6 is 0 Å². The Morgan fingerprint density at radius 2 is 2.25 bits per heavy atom. The number of methoxy groups -OCH3 is 1. The molecule has 20 heavy (non-hydrogen) atoms. The van der Waals surface area contributed by atoms with Crippen molar-refractivity contribution in [3.05, 3.63) is 29.8 Å². The predicted molar refractivity (Wildman–Crippen MR) is 78.8 cm³/mol. The van der Waals surface area contributed by atoms with Gasteiger partial charge < -0.3 is 9.94 Å². The van der Waals surface area contributed by atoms with Gasteiger partial charge in [-0.3, -0.25) is 4.90 Å². The Balaban J connectivity index is 2.08. The summed E-state index contributed by atoms with van der Waals surface area (Å²) in [4.78, 5) is 2.31. The number of oxime groups is 1. The molecule has 2 unspecified atom stereocenters. The van der Waals surface area contributed by atoms with Crippen LogP contribution in [0.2, 0.25) is 0 Å². The van der Waals surface area contributed by atoms with Crippen LogP contribution in [0, 0.1) is 0 Å². The first-order chi connectivity index (χ1) is 9.71. The largest absolute Gasteiger partial charge is 0.497 e. The van der Waals surface area contributed by atoms with E-state index in [1.165, 1.54) is 12.0 Å². The SMILES string of the molecule is COc1cccc(C23CCCC(/C2=N\O)N(C)CC3)c1. The Morgan fingerprint density at radius 1 is 1.40 bits per heavy atom. The van der Waals surface area contributed by atoms with Gasteiger partial charge in [0, 0.05) is 5.41 Å². The molecule has 1 saturated heterocycles. The molecule has 0 aromatic heterocycles. The van der Waals surface area contributed by atoms with Crippen LogP contribution in [0.25, 0.3) is 0 Å². The van der Waals surface area contributed by atoms with Gasteiger partial charge in [0.05, 0.1) is 18.9 Å². The minimum Gasteiger partial charge on any atom is -0.497 e. The van der Waals surface area contributed by atoms with Crippen molar-refractivity contribution in [2.45, 2.75) is 37.1 Å². The quantitative estimate of drug-likeness (QED) is 0.666. The molecule has 0 spiro atoms. The van der Waals surface area contributed by atoms with Gasteiger partial charge in [-0.1, -0.05) is 23.7 Å². The van der Waals surface area contributed by atoms with Crippen LogP contribution in [-0.2, 0) is 5.41 Å². The van der Waals surface area contributed by atoms with Crippen molar-refractivity contribution in [3.8, 4) is 5.75 Å². The predicted octanol–water partition coefficient (Wildman–Crippen LogP) is 2.65. The van der Waals surface area contributed by atoms with Crippen LogP contribution in [0.15, 0.2) is 29.4 Å². The maximum atomic E-state index is 9.60. The van der Waals surface area contributed by atoms with E-state index in [4.69, 9.17) is 4.74 Å². The van der Waals surface area contributed by atoms with Crippen molar-refractivity contribution in [1.82, 2.24) is 4.90 Å². The molecule has 108 valence electrons. The number of ether oxygens (including phenoxy) is 1. The maximum absolute atomic E-state index is 9.60. The molecular formula is C16H22N2O2. The average molecular weight is 274 g/mol. The van der Waals surface area contributed by atoms with Gasteiger partial charge in [-0.15, -0.1) is 0 Å². The minimum absolute atomic E-state index is 0.112. The van der Waals surface area contributed by atoms with E-state index in [1.54, 1.807) is 7.11 Å². The molecule has 3 rings (SSSR count). The molecule has 2 fully saturated rings. The number of fused-ring (bicyclic) bond motifs is 2. The van der Waals surface area contributed by atoms with E-state index in [2.05, 4.69) is 29.2 Å². The van der Waals surface area contributed by atoms with Crippen LogP contribution in [0.4, 0.5) is 0 Å². The maximum Gasteiger partial charge on any atom is 0.119 e. The van der Waals surface area contributed by atoms with E-state index >= 15 is 0 Å². The molecule has 2 aliphatic rings. The fourth-order valence-electron chi connectivity index (χ4n) is 3.91. The van der Waals surface area contributed by atoms with Crippen molar-refractivity contribution >= 4 is 5.71 Å². The van der Waals surface area contributed by atoms with Gasteiger partial charge in [0.2, 0.25) is 0 Å². The molecule has 1 aliphatic heterocycles. The third-order valence-corrected chi connectivity index (χ3v) is 5.04. The lowest BCUT2D eigenvalue weighted by Gasteiger charge is -2.50. The molecule has 0 radical (unpaired) electrons. The van der Waals surface area contributed by atoms with Gasteiger partial charge in [-0.2, -0.15) is 0 Å². The Labute approximate surface area is 120 Å². The summed E-state index contributed by atoms with van der Waals surface area (Å²) in [5.41, 5.74) is 2.05. The van der Waals surface area contributed by atoms with Crippen molar-refractivity contribution < 1.29 is 9.94 Å². The second-order valence-electron chi connectivity index (χ2n) is 5.94. The summed E-state index contributed by atoms with van der Waals surface area (Å²) in [5, 5.41) is 13.3. The third kappa shape index (κ3) is 1.90. The Kier molecular flexibility index (Phi) is 3.42. The monoisotopic (exact) mass is 274 g/mol. The summed E-state index contributed by atoms with van der Waals surface area (Å²) in [5.74, 6) is 0.871. The van der Waals surface area contributed by atoms with E-state index in [0.717, 1.165) is 37.3 Å². The zero-order valence-corrected chi connectivity index (χ0v) is 12.2. The highest BCUT2D eigenvalue weighted by atomic mass is 16.5. The van der Waals surface area contributed by atoms with E-state index in [0.29, 0.717) is 0 Å². The number of nitrogens with zero attached hydrogens (tertiary/aromatic N) is 2. The van der Waals surface area contributed by atoms with Crippen LogP contribution in [0.5, 0.6) is 5.75 Å². The molecule has 1 aromatic carbocycles. The first kappa shape index (κ1) is 13.4. The van der Waals surface area contributed by atoms with Crippen LogP contribution in [0.1, 0.15) is 31.2 Å². The Morgan fingerprint density at radius 3 is 3.00 bits per heavy atom. The first-order valence-corrected chi connectivity index (χ1v) is 7.28. The molecule has 4 nitrogen and oxygen atoms in total. The molecule has 2 atom stereocenters. The molecule has 2 bridgehead atoms. The normalized spacial score (nSPS) is 32.3. The lowest BCUT2D eigenvalue weighted by Crippen LogP contribution is -2.58. The average Bonchev–Trinajstić information content (AvgIpc) is 2.50. The van der Waals surface area contributed by atoms with E-state index < -0.39 is 0 Å². The number of piperidine rings is 1. The second kappa shape index (κ2) is 5.09. The zero-order valence-electron chi connectivity index (χ0n) is 12.2. The molecule has 1 heterocycles. The van der Waals surface area contributed by atoms with Gasteiger partial charge in [-0.05, 0) is 50.6 Å². The molecule has 4 heteroatoms. The van der Waals surface area contributed by atoms with E-state index in [1.807, 2.05) is 12.1 Å². The summed E-state index contributed by atoms with van der Waals surface area (Å²) in [6.07, 6.45) is 4.32. The number of hydrogen-bond acceptors (Lipinski definition) is 4. The van der Waals surface area contributed by atoms with Gasteiger partial charge in [0.25, 0.3) is 0 Å². The highest BCUT2D eigenvalue weighted by Crippen LogP contribution is 2.45. The second-order valence-corrected chi connectivity index (χ2v) is 5.94. The van der Waals surface area contributed by atoms with Gasteiger partial charge in [0.1, 0.15) is 5.75 Å². The molecule has 1 aliphatic carbocycles. The number of hydrogen-bond donors (Lipinski definition) is 1. The number of likely N-dealkylation sites (tertiary alicyclic amines) is 1. The number of rotatable bonds is 2. The van der Waals surface area contributed by atoms with Crippen LogP contribution in [0.3, 0.4) is 0 Å². The Hall–Kier alpha value is -1.55. The summed E-state index contributed by atoms with van der Waals surface area (Å²) in [7, 11) is 3.81. The van der Waals surface area contributed by atoms with Gasteiger partial charge in [0.15, 0.2) is 0 Å². The fourth-order valence-corrected chi connectivity index (χ4v) is 3.91. The van der Waals surface area contributed by atoms with Crippen LogP contribution < -0.4 is 4.74 Å². The van der Waals surface area contributed by atoms with Crippen molar-refractivity contribution in [2.75, 3.05) is 20.7 Å². The molecule has 1 saturated carbocycles. The summed E-state index contributed by atoms with van der Waals surface area (Å²) in [6, 6.07) is 8.50. The molecule has 1 N–H and O–H groups in total. The van der Waals surface area contributed by atoms with Crippen molar-refractivity contribution in [1.29, 1.82) is 0 Å². The summed E-state index contributed by atoms with van der Waals surface area (Å²) >= 11 is 0. The van der Waals surface area contributed by atoms with E-state index in [9.17, 15) is 5.21 Å². The zero-order chi connectivity index (χ0) is 14.2. The highest BCUT2D eigenvalue weighted by Gasteiger charge is 2.49.